The Balaban J connectivity index is 2.85. The third-order valence-electron chi connectivity index (χ3n) is 2.52. The molecule has 0 aliphatic carbocycles. The summed E-state index contributed by atoms with van der Waals surface area (Å²) in [5.74, 6) is -0.827. The van der Waals surface area contributed by atoms with Gasteiger partial charge < -0.3 is 14.6 Å². The highest BCUT2D eigenvalue weighted by molar-refractivity contribution is 5.86. The third kappa shape index (κ3) is 3.78. The van der Waals surface area contributed by atoms with E-state index >= 15 is 0 Å². The van der Waals surface area contributed by atoms with E-state index in [1.54, 1.807) is 18.9 Å². The summed E-state index contributed by atoms with van der Waals surface area (Å²) in [5.41, 5.74) is 0.587. The molecule has 0 saturated carbocycles. The van der Waals surface area contributed by atoms with Crippen LogP contribution in [-0.4, -0.2) is 53.5 Å². The van der Waals surface area contributed by atoms with E-state index in [1.165, 1.54) is 0 Å². The van der Waals surface area contributed by atoms with Gasteiger partial charge in [-0.15, -0.1) is 5.10 Å². The number of carboxylic acid groups (broad SMARTS) is 1. The van der Waals surface area contributed by atoms with E-state index in [1.807, 2.05) is 6.92 Å². The van der Waals surface area contributed by atoms with Crippen molar-refractivity contribution in [1.82, 2.24) is 15.0 Å². The SMILES string of the molecule is COCCc1c(C(=O)O)nnn1CC(C)COC. The number of aromatic nitrogens is 3. The maximum atomic E-state index is 11.0. The normalized spacial score (nSPS) is 12.6. The van der Waals surface area contributed by atoms with Crippen LogP contribution >= 0.6 is 0 Å². The Labute approximate surface area is 106 Å². The summed E-state index contributed by atoms with van der Waals surface area (Å²) in [6.45, 7) is 3.61. The molecule has 0 fully saturated rings. The minimum atomic E-state index is -1.06. The number of ether oxygens (including phenoxy) is 2. The summed E-state index contributed by atoms with van der Waals surface area (Å²) in [5, 5.41) is 16.6. The van der Waals surface area contributed by atoms with Crippen molar-refractivity contribution in [3.8, 4) is 0 Å². The number of methoxy groups -OCH3 is 2. The molecule has 0 amide bonds. The van der Waals surface area contributed by atoms with Gasteiger partial charge in [-0.3, -0.25) is 0 Å². The quantitative estimate of drug-likeness (QED) is 0.727. The number of carbonyl (C=O) groups is 1. The molecular weight excluding hydrogens is 238 g/mol. The molecular formula is C11H19N3O4. The van der Waals surface area contributed by atoms with E-state index in [0.29, 0.717) is 31.9 Å². The predicted molar refractivity (Wildman–Crippen MR) is 63.6 cm³/mol. The molecule has 0 saturated heterocycles. The maximum Gasteiger partial charge on any atom is 0.358 e. The van der Waals surface area contributed by atoms with Crippen LogP contribution in [0.3, 0.4) is 0 Å². The second-order valence-corrected chi connectivity index (χ2v) is 4.18. The lowest BCUT2D eigenvalue weighted by molar-refractivity contribution is 0.0688. The first-order chi connectivity index (χ1) is 8.60. The van der Waals surface area contributed by atoms with Crippen LogP contribution in [0, 0.1) is 5.92 Å². The lowest BCUT2D eigenvalue weighted by Crippen LogP contribution is -2.17. The van der Waals surface area contributed by atoms with Gasteiger partial charge in [0.05, 0.1) is 18.9 Å². The molecule has 7 heteroatoms. The van der Waals surface area contributed by atoms with Gasteiger partial charge >= 0.3 is 5.97 Å². The average Bonchev–Trinajstić information content (AvgIpc) is 2.69. The summed E-state index contributed by atoms with van der Waals surface area (Å²) < 4.78 is 11.6. The van der Waals surface area contributed by atoms with Gasteiger partial charge in [-0.25, -0.2) is 9.48 Å². The molecule has 102 valence electrons. The van der Waals surface area contributed by atoms with Crippen LogP contribution in [0.5, 0.6) is 0 Å². The Morgan fingerprint density at radius 3 is 2.72 bits per heavy atom. The average molecular weight is 257 g/mol. The second kappa shape index (κ2) is 7.07. The predicted octanol–water partition coefficient (Wildman–Crippen LogP) is 0.448. The molecule has 0 radical (unpaired) electrons. The van der Waals surface area contributed by atoms with Crippen molar-refractivity contribution < 1.29 is 19.4 Å². The smallest absolute Gasteiger partial charge is 0.358 e. The highest BCUT2D eigenvalue weighted by Gasteiger charge is 2.19. The minimum Gasteiger partial charge on any atom is -0.476 e. The molecule has 0 bridgehead atoms. The molecule has 1 aromatic rings. The van der Waals surface area contributed by atoms with Crippen molar-refractivity contribution in [2.45, 2.75) is 19.9 Å². The van der Waals surface area contributed by atoms with Crippen LogP contribution in [-0.2, 0) is 22.4 Å². The van der Waals surface area contributed by atoms with Crippen molar-refractivity contribution in [2.24, 2.45) is 5.92 Å². The summed E-state index contributed by atoms with van der Waals surface area (Å²) in [7, 11) is 3.20. The van der Waals surface area contributed by atoms with E-state index in [4.69, 9.17) is 14.6 Å². The standard InChI is InChI=1S/C11H19N3O4/c1-8(7-18-3)6-14-9(4-5-17-2)10(11(15)16)12-13-14/h8H,4-7H2,1-3H3,(H,15,16). The van der Waals surface area contributed by atoms with E-state index in [0.717, 1.165) is 0 Å². The number of carboxylic acids is 1. The first kappa shape index (κ1) is 14.6. The van der Waals surface area contributed by atoms with E-state index in [-0.39, 0.29) is 11.6 Å². The molecule has 1 aromatic heterocycles. The fourth-order valence-corrected chi connectivity index (χ4v) is 1.72. The van der Waals surface area contributed by atoms with Gasteiger partial charge in [-0.2, -0.15) is 0 Å². The van der Waals surface area contributed by atoms with Crippen LogP contribution in [0.15, 0.2) is 0 Å². The highest BCUT2D eigenvalue weighted by atomic mass is 16.5. The van der Waals surface area contributed by atoms with Crippen LogP contribution in [0.25, 0.3) is 0 Å². The zero-order valence-corrected chi connectivity index (χ0v) is 10.9. The van der Waals surface area contributed by atoms with Gasteiger partial charge in [0.1, 0.15) is 0 Å². The zero-order chi connectivity index (χ0) is 13.5. The summed E-state index contributed by atoms with van der Waals surface area (Å²) in [6.07, 6.45) is 0.477. The van der Waals surface area contributed by atoms with Crippen molar-refractivity contribution in [3.05, 3.63) is 11.4 Å². The number of hydrogen-bond donors (Lipinski definition) is 1. The molecule has 7 nitrogen and oxygen atoms in total. The van der Waals surface area contributed by atoms with Gasteiger partial charge in [0.15, 0.2) is 5.69 Å². The van der Waals surface area contributed by atoms with Gasteiger partial charge in [-0.05, 0) is 5.92 Å². The van der Waals surface area contributed by atoms with Crippen LogP contribution in [0.1, 0.15) is 23.1 Å². The molecule has 0 aromatic carbocycles. The van der Waals surface area contributed by atoms with Crippen molar-refractivity contribution in [1.29, 1.82) is 0 Å². The van der Waals surface area contributed by atoms with Crippen molar-refractivity contribution >= 4 is 5.97 Å². The molecule has 1 heterocycles. The Kier molecular flexibility index (Phi) is 5.73. The Morgan fingerprint density at radius 1 is 1.44 bits per heavy atom. The Hall–Kier alpha value is -1.47. The van der Waals surface area contributed by atoms with Crippen molar-refractivity contribution in [2.75, 3.05) is 27.4 Å². The molecule has 0 spiro atoms. The van der Waals surface area contributed by atoms with Gasteiger partial charge in [0, 0.05) is 27.2 Å². The molecule has 1 unspecified atom stereocenters. The molecule has 1 rings (SSSR count). The summed E-state index contributed by atoms with van der Waals surface area (Å²) >= 11 is 0. The topological polar surface area (TPSA) is 86.5 Å². The van der Waals surface area contributed by atoms with E-state index < -0.39 is 5.97 Å². The largest absolute Gasteiger partial charge is 0.476 e. The molecule has 0 aliphatic heterocycles. The molecule has 18 heavy (non-hydrogen) atoms. The number of rotatable bonds is 8. The monoisotopic (exact) mass is 257 g/mol. The molecule has 0 aliphatic rings. The Bertz CT molecular complexity index is 392. The zero-order valence-electron chi connectivity index (χ0n) is 10.9. The first-order valence-corrected chi connectivity index (χ1v) is 5.73. The maximum absolute atomic E-state index is 11.0. The summed E-state index contributed by atoms with van der Waals surface area (Å²) in [6, 6.07) is 0. The van der Waals surface area contributed by atoms with E-state index in [2.05, 4.69) is 10.3 Å². The van der Waals surface area contributed by atoms with Gasteiger partial charge in [-0.1, -0.05) is 12.1 Å². The van der Waals surface area contributed by atoms with Gasteiger partial charge in [0.25, 0.3) is 0 Å². The Morgan fingerprint density at radius 2 is 2.17 bits per heavy atom. The molecule has 1 N–H and O–H groups in total. The summed E-state index contributed by atoms with van der Waals surface area (Å²) in [4.78, 5) is 11.0. The number of nitrogens with zero attached hydrogens (tertiary/aromatic N) is 3. The molecule has 1 atom stereocenters. The minimum absolute atomic E-state index is 0.00309. The van der Waals surface area contributed by atoms with Crippen molar-refractivity contribution in [3.63, 3.8) is 0 Å². The fourth-order valence-electron chi connectivity index (χ4n) is 1.72. The second-order valence-electron chi connectivity index (χ2n) is 4.18. The van der Waals surface area contributed by atoms with E-state index in [9.17, 15) is 4.79 Å². The fraction of sp³-hybridized carbons (Fsp3) is 0.727. The third-order valence-corrected chi connectivity index (χ3v) is 2.52. The van der Waals surface area contributed by atoms with Crippen LogP contribution in [0.2, 0.25) is 0 Å². The van der Waals surface area contributed by atoms with Gasteiger partial charge in [0.2, 0.25) is 0 Å². The van der Waals surface area contributed by atoms with Crippen LogP contribution in [0.4, 0.5) is 0 Å². The first-order valence-electron chi connectivity index (χ1n) is 5.73. The lowest BCUT2D eigenvalue weighted by Gasteiger charge is -2.12. The van der Waals surface area contributed by atoms with Crippen LogP contribution < -0.4 is 0 Å². The highest BCUT2D eigenvalue weighted by Crippen LogP contribution is 2.10. The lowest BCUT2D eigenvalue weighted by atomic mass is 10.2. The number of hydrogen-bond acceptors (Lipinski definition) is 5. The number of aromatic carboxylic acids is 1.